The van der Waals surface area contributed by atoms with Gasteiger partial charge in [-0.05, 0) is 48.5 Å². The topological polar surface area (TPSA) is 66.0 Å². The summed E-state index contributed by atoms with van der Waals surface area (Å²) in [6.45, 7) is 0. The lowest BCUT2D eigenvalue weighted by Gasteiger charge is -2.07. The Morgan fingerprint density at radius 2 is 1.82 bits per heavy atom. The number of anilines is 1. The summed E-state index contributed by atoms with van der Waals surface area (Å²) in [5.74, 6) is -0.240. The van der Waals surface area contributed by atoms with Crippen LogP contribution in [0.4, 0.5) is 5.69 Å². The van der Waals surface area contributed by atoms with Crippen LogP contribution < -0.4 is 5.32 Å². The van der Waals surface area contributed by atoms with E-state index in [1.165, 1.54) is 17.8 Å². The van der Waals surface area contributed by atoms with Crippen LogP contribution in [0.3, 0.4) is 0 Å². The number of carbonyl (C=O) groups is 1. The van der Waals surface area contributed by atoms with Crippen molar-refractivity contribution in [2.45, 2.75) is 9.99 Å². The molecule has 28 heavy (non-hydrogen) atoms. The molecule has 4 nitrogen and oxygen atoms in total. The third-order valence-corrected chi connectivity index (χ3v) is 5.49. The number of nitrogens with one attached hydrogen (secondary N) is 1. The van der Waals surface area contributed by atoms with E-state index in [0.29, 0.717) is 26.6 Å². The van der Waals surface area contributed by atoms with Crippen molar-refractivity contribution >= 4 is 64.2 Å². The molecule has 0 saturated heterocycles. The molecule has 0 unspecified atom stereocenters. The molecule has 2 aromatic carbocycles. The molecule has 140 valence electrons. The Hall–Kier alpha value is -2.36. The van der Waals surface area contributed by atoms with Crippen molar-refractivity contribution in [3.63, 3.8) is 0 Å². The van der Waals surface area contributed by atoms with Crippen LogP contribution in [0.2, 0.25) is 15.1 Å². The zero-order valence-electron chi connectivity index (χ0n) is 14.1. The van der Waals surface area contributed by atoms with Gasteiger partial charge in [0, 0.05) is 16.0 Å². The highest BCUT2D eigenvalue weighted by molar-refractivity contribution is 7.99. The number of nitrogens with zero attached hydrogens (tertiary/aromatic N) is 1. The molecule has 3 rings (SSSR count). The number of benzene rings is 2. The van der Waals surface area contributed by atoms with Gasteiger partial charge in [0.15, 0.2) is 5.09 Å². The number of hydrogen-bond donors (Lipinski definition) is 1. The van der Waals surface area contributed by atoms with E-state index in [4.69, 9.17) is 39.2 Å². The van der Waals surface area contributed by atoms with E-state index in [1.807, 2.05) is 18.2 Å². The van der Waals surface area contributed by atoms with Gasteiger partial charge in [-0.3, -0.25) is 4.79 Å². The summed E-state index contributed by atoms with van der Waals surface area (Å²) in [6, 6.07) is 17.4. The minimum Gasteiger partial charge on any atom is -0.450 e. The lowest BCUT2D eigenvalue weighted by Crippen LogP contribution is -2.13. The molecule has 0 saturated carbocycles. The first kappa shape index (κ1) is 20.4. The van der Waals surface area contributed by atoms with Crippen LogP contribution in [0, 0.1) is 11.3 Å². The van der Waals surface area contributed by atoms with E-state index in [-0.39, 0.29) is 10.6 Å². The smallest absolute Gasteiger partial charge is 0.266 e. The van der Waals surface area contributed by atoms with Crippen molar-refractivity contribution in [2.75, 3.05) is 5.32 Å². The summed E-state index contributed by atoms with van der Waals surface area (Å²) >= 11 is 19.3. The van der Waals surface area contributed by atoms with Gasteiger partial charge in [-0.2, -0.15) is 5.26 Å². The number of halogens is 3. The molecule has 0 fully saturated rings. The number of nitriles is 1. The highest BCUT2D eigenvalue weighted by Gasteiger charge is 2.14. The Bertz CT molecular complexity index is 1090. The second-order valence-electron chi connectivity index (χ2n) is 5.44. The number of amides is 1. The summed E-state index contributed by atoms with van der Waals surface area (Å²) in [5, 5.41) is 13.7. The first-order chi connectivity index (χ1) is 13.5. The van der Waals surface area contributed by atoms with Crippen molar-refractivity contribution in [2.24, 2.45) is 0 Å². The quantitative estimate of drug-likeness (QED) is 0.338. The van der Waals surface area contributed by atoms with Gasteiger partial charge in [-0.1, -0.05) is 52.6 Å². The van der Waals surface area contributed by atoms with Crippen LogP contribution in [-0.2, 0) is 4.79 Å². The first-order valence-corrected chi connectivity index (χ1v) is 9.81. The average molecular weight is 450 g/mol. The van der Waals surface area contributed by atoms with Gasteiger partial charge in [0.25, 0.3) is 5.91 Å². The molecule has 8 heteroatoms. The van der Waals surface area contributed by atoms with E-state index < -0.39 is 5.91 Å². The second-order valence-corrected chi connectivity index (χ2v) is 7.74. The maximum atomic E-state index is 12.4. The molecule has 0 spiro atoms. The Morgan fingerprint density at radius 1 is 1.07 bits per heavy atom. The summed E-state index contributed by atoms with van der Waals surface area (Å²) in [7, 11) is 0. The van der Waals surface area contributed by atoms with Gasteiger partial charge < -0.3 is 9.73 Å². The van der Waals surface area contributed by atoms with E-state index in [1.54, 1.807) is 42.5 Å². The number of carbonyl (C=O) groups excluding carboxylic acids is 1. The number of hydrogen-bond acceptors (Lipinski definition) is 4. The van der Waals surface area contributed by atoms with Crippen LogP contribution in [0.25, 0.3) is 6.08 Å². The maximum Gasteiger partial charge on any atom is 0.266 e. The number of rotatable bonds is 5. The normalized spacial score (nSPS) is 11.1. The van der Waals surface area contributed by atoms with Crippen molar-refractivity contribution in [3.8, 4) is 6.07 Å². The predicted octanol–water partition coefficient (Wildman–Crippen LogP) is 6.94. The highest BCUT2D eigenvalue weighted by Crippen LogP contribution is 2.31. The summed E-state index contributed by atoms with van der Waals surface area (Å²) in [6.07, 6.45) is 1.36. The third kappa shape index (κ3) is 5.12. The van der Waals surface area contributed by atoms with Crippen LogP contribution in [0.1, 0.15) is 5.76 Å². The molecule has 1 heterocycles. The van der Waals surface area contributed by atoms with Crippen molar-refractivity contribution in [1.29, 1.82) is 5.26 Å². The largest absolute Gasteiger partial charge is 0.450 e. The summed E-state index contributed by atoms with van der Waals surface area (Å²) < 4.78 is 5.67. The third-order valence-electron chi connectivity index (χ3n) is 3.49. The predicted molar refractivity (Wildman–Crippen MR) is 113 cm³/mol. The second kappa shape index (κ2) is 9.22. The van der Waals surface area contributed by atoms with E-state index >= 15 is 0 Å². The summed E-state index contributed by atoms with van der Waals surface area (Å²) in [4.78, 5) is 13.3. The molecule has 0 aliphatic carbocycles. The van der Waals surface area contributed by atoms with Gasteiger partial charge in [-0.15, -0.1) is 0 Å². The van der Waals surface area contributed by atoms with Crippen LogP contribution in [0.15, 0.2) is 74.6 Å². The Kier molecular flexibility index (Phi) is 6.71. The molecule has 1 aromatic heterocycles. The zero-order chi connectivity index (χ0) is 20.1. The van der Waals surface area contributed by atoms with Crippen LogP contribution in [-0.4, -0.2) is 5.91 Å². The van der Waals surface area contributed by atoms with Crippen LogP contribution in [0.5, 0.6) is 0 Å². The fourth-order valence-electron chi connectivity index (χ4n) is 2.17. The highest BCUT2D eigenvalue weighted by atomic mass is 35.5. The maximum absolute atomic E-state index is 12.4. The van der Waals surface area contributed by atoms with Crippen LogP contribution >= 0.6 is 46.6 Å². The molecule has 3 aromatic rings. The standard InChI is InChI=1S/C20H11Cl3N2O2S/c21-13-4-7-15(8-5-13)28-18-9-6-14(27-18)10-12(11-24)20(26)25-17-3-1-2-16(22)19(17)23/h1-10H,(H,25,26)/b12-10-. The van der Waals surface area contributed by atoms with Gasteiger partial charge in [0.05, 0.1) is 15.7 Å². The zero-order valence-corrected chi connectivity index (χ0v) is 17.2. The Labute approximate surface area is 180 Å². The SMILES string of the molecule is N#C/C(=C/c1ccc(Sc2ccc(Cl)cc2)o1)C(=O)Nc1cccc(Cl)c1Cl. The minimum atomic E-state index is -0.616. The van der Waals surface area contributed by atoms with Gasteiger partial charge >= 0.3 is 0 Å². The number of furan rings is 1. The van der Waals surface area contributed by atoms with E-state index in [2.05, 4.69) is 5.32 Å². The van der Waals surface area contributed by atoms with E-state index in [9.17, 15) is 10.1 Å². The molecular weight excluding hydrogens is 439 g/mol. The fraction of sp³-hybridized carbons (Fsp3) is 0. The fourth-order valence-corrected chi connectivity index (χ4v) is 3.42. The van der Waals surface area contributed by atoms with Crippen molar-refractivity contribution in [3.05, 3.63) is 81.0 Å². The Balaban J connectivity index is 1.74. The molecule has 0 radical (unpaired) electrons. The first-order valence-electron chi connectivity index (χ1n) is 7.86. The average Bonchev–Trinajstić information content (AvgIpc) is 3.12. The van der Waals surface area contributed by atoms with Crippen molar-refractivity contribution < 1.29 is 9.21 Å². The molecule has 1 N–H and O–H groups in total. The Morgan fingerprint density at radius 3 is 2.54 bits per heavy atom. The monoisotopic (exact) mass is 448 g/mol. The van der Waals surface area contributed by atoms with Gasteiger partial charge in [-0.25, -0.2) is 0 Å². The lowest BCUT2D eigenvalue weighted by atomic mass is 10.2. The molecule has 0 aliphatic heterocycles. The molecule has 0 bridgehead atoms. The summed E-state index contributed by atoms with van der Waals surface area (Å²) in [5.41, 5.74) is 0.187. The van der Waals surface area contributed by atoms with E-state index in [0.717, 1.165) is 4.90 Å². The molecule has 0 aliphatic rings. The lowest BCUT2D eigenvalue weighted by molar-refractivity contribution is -0.112. The molecular formula is C20H11Cl3N2O2S. The van der Waals surface area contributed by atoms with Crippen molar-refractivity contribution in [1.82, 2.24) is 0 Å². The van der Waals surface area contributed by atoms with Gasteiger partial charge in [0.2, 0.25) is 0 Å². The van der Waals surface area contributed by atoms with Gasteiger partial charge in [0.1, 0.15) is 17.4 Å². The molecule has 1 amide bonds. The molecule has 0 atom stereocenters. The minimum absolute atomic E-state index is 0.131.